The molecule has 71 heavy (non-hydrogen) atoms. The molecular formula is C58H100N2O10S. The van der Waals surface area contributed by atoms with E-state index < -0.39 is 41.2 Å². The lowest BCUT2D eigenvalue weighted by Gasteiger charge is -2.25. The number of carbonyl (C=O) groups excluding carboxylic acids is 6. The van der Waals surface area contributed by atoms with Crippen LogP contribution in [0, 0.1) is 0 Å². The van der Waals surface area contributed by atoms with Crippen LogP contribution in [0.2, 0.25) is 0 Å². The van der Waals surface area contributed by atoms with E-state index in [9.17, 15) is 28.8 Å². The number of anilines is 1. The first-order chi connectivity index (χ1) is 33.9. The Kier molecular flexibility index (Phi) is 37.6. The van der Waals surface area contributed by atoms with Crippen LogP contribution in [0.25, 0.3) is 0 Å². The van der Waals surface area contributed by atoms with Crippen molar-refractivity contribution in [3.63, 3.8) is 0 Å². The first kappa shape index (κ1) is 65.4. The molecule has 0 radical (unpaired) electrons. The van der Waals surface area contributed by atoms with E-state index in [1.54, 1.807) is 53.7 Å². The second-order valence-electron chi connectivity index (χ2n) is 21.4. The Hall–Kier alpha value is -3.61. The van der Waals surface area contributed by atoms with Gasteiger partial charge in [0.2, 0.25) is 5.91 Å². The van der Waals surface area contributed by atoms with Crippen molar-refractivity contribution in [1.29, 1.82) is 0 Å². The summed E-state index contributed by atoms with van der Waals surface area (Å²) in [4.78, 5) is 77.2. The van der Waals surface area contributed by atoms with Crippen molar-refractivity contribution < 1.29 is 47.7 Å². The highest BCUT2D eigenvalue weighted by Crippen LogP contribution is 2.19. The average molecular weight is 1020 g/mol. The first-order valence-corrected chi connectivity index (χ1v) is 29.2. The molecule has 0 aliphatic heterocycles. The van der Waals surface area contributed by atoms with Crippen molar-refractivity contribution in [3.05, 3.63) is 29.8 Å². The Morgan fingerprint density at radius 1 is 0.521 bits per heavy atom. The first-order valence-electron chi connectivity index (χ1n) is 28.0. The molecule has 1 rings (SSSR count). The molecular weight excluding hydrogens is 917 g/mol. The van der Waals surface area contributed by atoms with Gasteiger partial charge in [0.25, 0.3) is 5.91 Å². The van der Waals surface area contributed by atoms with Crippen LogP contribution in [0.3, 0.4) is 0 Å². The molecule has 0 fully saturated rings. The predicted molar refractivity (Wildman–Crippen MR) is 291 cm³/mol. The summed E-state index contributed by atoms with van der Waals surface area (Å²) in [7, 11) is 0. The van der Waals surface area contributed by atoms with Gasteiger partial charge in [-0.1, -0.05) is 168 Å². The van der Waals surface area contributed by atoms with Crippen LogP contribution in [0.1, 0.15) is 265 Å². The molecule has 2 amide bonds. The number of nitrogens with one attached hydrogen (secondary N) is 2. The molecule has 1 aromatic rings. The van der Waals surface area contributed by atoms with Crippen molar-refractivity contribution in [1.82, 2.24) is 5.32 Å². The van der Waals surface area contributed by atoms with E-state index in [0.717, 1.165) is 38.5 Å². The van der Waals surface area contributed by atoms with Crippen LogP contribution < -0.4 is 10.6 Å². The minimum atomic E-state index is -1.08. The van der Waals surface area contributed by atoms with E-state index in [-0.39, 0.29) is 49.3 Å². The number of carbonyl (C=O) groups is 6. The summed E-state index contributed by atoms with van der Waals surface area (Å²) in [6.07, 6.45) is 32.1. The summed E-state index contributed by atoms with van der Waals surface area (Å²) in [6, 6.07) is 5.19. The van der Waals surface area contributed by atoms with Crippen LogP contribution in [0.4, 0.5) is 5.69 Å². The second-order valence-corrected chi connectivity index (χ2v) is 22.6. The highest BCUT2D eigenvalue weighted by Gasteiger charge is 2.29. The molecule has 0 aromatic heterocycles. The normalized spacial score (nSPS) is 12.5. The fraction of sp³-hybridized carbons (Fsp3) is 0.793. The zero-order chi connectivity index (χ0) is 52.6. The summed E-state index contributed by atoms with van der Waals surface area (Å²) in [6.45, 7) is 14.9. The quantitative estimate of drug-likeness (QED) is 0.0363. The molecule has 0 bridgehead atoms. The summed E-state index contributed by atoms with van der Waals surface area (Å²) >= 11 is 1.46. The third kappa shape index (κ3) is 39.6. The van der Waals surface area contributed by atoms with Gasteiger partial charge in [0, 0.05) is 48.4 Å². The van der Waals surface area contributed by atoms with E-state index >= 15 is 0 Å². The Balaban J connectivity index is 2.62. The maximum atomic E-state index is 13.2. The Labute approximate surface area is 435 Å². The smallest absolute Gasteiger partial charge is 0.329 e. The number of rotatable bonds is 43. The molecule has 0 heterocycles. The van der Waals surface area contributed by atoms with Gasteiger partial charge in [0.05, 0.1) is 0 Å². The van der Waals surface area contributed by atoms with E-state index in [0.29, 0.717) is 30.0 Å². The fourth-order valence-electron chi connectivity index (χ4n) is 8.02. The minimum Gasteiger partial charge on any atom is -0.462 e. The van der Waals surface area contributed by atoms with Gasteiger partial charge >= 0.3 is 23.9 Å². The van der Waals surface area contributed by atoms with Crippen LogP contribution in [-0.4, -0.2) is 77.2 Å². The van der Waals surface area contributed by atoms with E-state index in [1.165, 1.54) is 152 Å². The van der Waals surface area contributed by atoms with Crippen molar-refractivity contribution in [3.8, 4) is 0 Å². The van der Waals surface area contributed by atoms with Gasteiger partial charge in [-0.15, -0.1) is 0 Å². The predicted octanol–water partition coefficient (Wildman–Crippen LogP) is 14.7. The second kappa shape index (κ2) is 40.8. The van der Waals surface area contributed by atoms with Gasteiger partial charge in [-0.05, 0) is 85.1 Å². The molecule has 408 valence electrons. The van der Waals surface area contributed by atoms with Gasteiger partial charge in [-0.3, -0.25) is 24.0 Å². The van der Waals surface area contributed by atoms with Gasteiger partial charge < -0.3 is 29.6 Å². The summed E-state index contributed by atoms with van der Waals surface area (Å²) < 4.78 is 22.4. The molecule has 0 spiro atoms. The molecule has 2 N–H and O–H groups in total. The number of amides is 2. The lowest BCUT2D eigenvalue weighted by atomic mass is 10.0. The number of unbranched alkanes of at least 4 members (excludes halogenated alkanes) is 24. The van der Waals surface area contributed by atoms with Crippen LogP contribution in [0.5, 0.6) is 0 Å². The third-order valence-corrected chi connectivity index (χ3v) is 13.1. The summed E-state index contributed by atoms with van der Waals surface area (Å²) in [5, 5.41) is 5.54. The van der Waals surface area contributed by atoms with Crippen molar-refractivity contribution >= 4 is 53.1 Å². The van der Waals surface area contributed by atoms with Gasteiger partial charge in [-0.25, -0.2) is 4.79 Å². The third-order valence-electron chi connectivity index (χ3n) is 12.0. The molecule has 0 saturated carbocycles. The lowest BCUT2D eigenvalue weighted by molar-refractivity contribution is -0.158. The van der Waals surface area contributed by atoms with Crippen LogP contribution in [-0.2, 0) is 42.9 Å². The standard InChI is InChI=1S/C58H100N2O10S/c1-9-11-13-15-17-19-21-23-25-27-29-31-33-35-52(62)67-45-49(68-53(63)36-34-32-30-28-26-24-22-20-18-16-14-12-10-2)46-71-44-43-51(61)59-48-39-37-47(38-40-48)55(65)60-50(56(66)70-58(6,7)8)41-42-54(64)69-57(3,4)5/h37-40,49-50H,9-36,41-46H2,1-8H3,(H,59,61)(H,60,65)/t49?,50-/m0/s1. The topological polar surface area (TPSA) is 163 Å². The highest BCUT2D eigenvalue weighted by molar-refractivity contribution is 7.99. The van der Waals surface area contributed by atoms with Crippen LogP contribution in [0.15, 0.2) is 24.3 Å². The van der Waals surface area contributed by atoms with Crippen molar-refractivity contribution in [2.75, 3.05) is 23.4 Å². The zero-order valence-corrected chi connectivity index (χ0v) is 46.8. The molecule has 2 atom stereocenters. The average Bonchev–Trinajstić information content (AvgIpc) is 3.30. The molecule has 0 aliphatic rings. The Morgan fingerprint density at radius 3 is 1.41 bits per heavy atom. The SMILES string of the molecule is CCCCCCCCCCCCCCCC(=O)OCC(CSCCC(=O)Nc1ccc(C(=O)N[C@@H](CCC(=O)OC(C)(C)C)C(=O)OC(C)(C)C)cc1)OC(=O)CCCCCCCCCCCCCCC. The van der Waals surface area contributed by atoms with E-state index in [1.807, 2.05) is 0 Å². The molecule has 13 heteroatoms. The van der Waals surface area contributed by atoms with E-state index in [2.05, 4.69) is 24.5 Å². The van der Waals surface area contributed by atoms with Gasteiger partial charge in [0.1, 0.15) is 30.0 Å². The number of thioether (sulfide) groups is 1. The molecule has 0 saturated heterocycles. The molecule has 1 aromatic carbocycles. The minimum absolute atomic E-state index is 0.00487. The summed E-state index contributed by atoms with van der Waals surface area (Å²) in [5.74, 6) is -1.66. The molecule has 12 nitrogen and oxygen atoms in total. The van der Waals surface area contributed by atoms with E-state index in [4.69, 9.17) is 18.9 Å². The number of ether oxygens (including phenoxy) is 4. The lowest BCUT2D eigenvalue weighted by Crippen LogP contribution is -2.44. The molecule has 1 unspecified atom stereocenters. The number of esters is 4. The maximum absolute atomic E-state index is 13.2. The molecule has 0 aliphatic carbocycles. The fourth-order valence-corrected chi connectivity index (χ4v) is 8.94. The number of benzene rings is 1. The highest BCUT2D eigenvalue weighted by atomic mass is 32.2. The van der Waals surface area contributed by atoms with Gasteiger partial charge in [0.15, 0.2) is 0 Å². The zero-order valence-electron chi connectivity index (χ0n) is 46.0. The van der Waals surface area contributed by atoms with Crippen molar-refractivity contribution in [2.24, 2.45) is 0 Å². The number of hydrogen-bond acceptors (Lipinski definition) is 11. The summed E-state index contributed by atoms with van der Waals surface area (Å²) in [5.41, 5.74) is -0.750. The van der Waals surface area contributed by atoms with Crippen LogP contribution >= 0.6 is 11.8 Å². The number of hydrogen-bond donors (Lipinski definition) is 2. The largest absolute Gasteiger partial charge is 0.462 e. The van der Waals surface area contributed by atoms with Crippen molar-refractivity contribution in [2.45, 2.75) is 278 Å². The maximum Gasteiger partial charge on any atom is 0.329 e. The monoisotopic (exact) mass is 1020 g/mol. The Bertz CT molecular complexity index is 1590. The van der Waals surface area contributed by atoms with Gasteiger partial charge in [-0.2, -0.15) is 11.8 Å². The Morgan fingerprint density at radius 2 is 0.958 bits per heavy atom.